The van der Waals surface area contributed by atoms with Crippen molar-refractivity contribution in [1.82, 2.24) is 5.32 Å². The van der Waals surface area contributed by atoms with Crippen LogP contribution in [-0.2, 0) is 16.0 Å². The van der Waals surface area contributed by atoms with Gasteiger partial charge in [0.2, 0.25) is 5.91 Å². The molecule has 4 heteroatoms. The van der Waals surface area contributed by atoms with Crippen molar-refractivity contribution in [3.8, 4) is 0 Å². The normalized spacial score (nSPS) is 12.2. The minimum absolute atomic E-state index is 0.0767. The molecular formula is C12H16BrNO2. The lowest BCUT2D eigenvalue weighted by Crippen LogP contribution is -2.36. The third kappa shape index (κ3) is 4.77. The number of methoxy groups -OCH3 is 1. The summed E-state index contributed by atoms with van der Waals surface area (Å²) in [5.74, 6) is -0.0767. The minimum Gasteiger partial charge on any atom is -0.375 e. The molecule has 1 aromatic carbocycles. The van der Waals surface area contributed by atoms with Gasteiger partial charge in [-0.15, -0.1) is 0 Å². The van der Waals surface area contributed by atoms with Crippen LogP contribution in [-0.4, -0.2) is 25.7 Å². The van der Waals surface area contributed by atoms with Gasteiger partial charge in [-0.3, -0.25) is 4.79 Å². The first-order valence-corrected chi connectivity index (χ1v) is 5.94. The van der Waals surface area contributed by atoms with Gasteiger partial charge in [0.1, 0.15) is 6.61 Å². The van der Waals surface area contributed by atoms with Gasteiger partial charge in [0, 0.05) is 17.6 Å². The monoisotopic (exact) mass is 285 g/mol. The molecule has 1 atom stereocenters. The van der Waals surface area contributed by atoms with Crippen molar-refractivity contribution in [2.45, 2.75) is 19.4 Å². The summed E-state index contributed by atoms with van der Waals surface area (Å²) in [6, 6.07) is 8.20. The third-order valence-corrected chi connectivity index (χ3v) is 2.67. The van der Waals surface area contributed by atoms with Gasteiger partial charge in [0.15, 0.2) is 0 Å². The summed E-state index contributed by atoms with van der Waals surface area (Å²) in [5.41, 5.74) is 1.20. The summed E-state index contributed by atoms with van der Waals surface area (Å²) >= 11 is 3.39. The molecule has 0 spiro atoms. The average Bonchev–Trinajstić information content (AvgIpc) is 2.21. The Morgan fingerprint density at radius 3 is 2.62 bits per heavy atom. The molecule has 0 aromatic heterocycles. The Balaban J connectivity index is 2.42. The topological polar surface area (TPSA) is 38.3 Å². The van der Waals surface area contributed by atoms with Crippen molar-refractivity contribution in [2.75, 3.05) is 13.7 Å². The molecule has 0 saturated heterocycles. The summed E-state index contributed by atoms with van der Waals surface area (Å²) in [4.78, 5) is 11.3. The predicted octanol–water partition coefficient (Wildman–Crippen LogP) is 2.14. The fourth-order valence-electron chi connectivity index (χ4n) is 1.47. The van der Waals surface area contributed by atoms with Gasteiger partial charge < -0.3 is 10.1 Å². The maximum absolute atomic E-state index is 11.3. The Morgan fingerprint density at radius 2 is 2.06 bits per heavy atom. The molecule has 0 aliphatic rings. The second-order valence-corrected chi connectivity index (χ2v) is 4.65. The number of nitrogens with one attached hydrogen (secondary N) is 1. The van der Waals surface area contributed by atoms with Crippen molar-refractivity contribution in [1.29, 1.82) is 0 Å². The maximum Gasteiger partial charge on any atom is 0.246 e. The fourth-order valence-corrected chi connectivity index (χ4v) is 1.74. The van der Waals surface area contributed by atoms with Crippen LogP contribution in [0.4, 0.5) is 0 Å². The minimum atomic E-state index is -0.0767. The third-order valence-electron chi connectivity index (χ3n) is 2.14. The quantitative estimate of drug-likeness (QED) is 0.900. The first-order valence-electron chi connectivity index (χ1n) is 5.14. The summed E-state index contributed by atoms with van der Waals surface area (Å²) in [6.45, 7) is 2.10. The van der Waals surface area contributed by atoms with Crippen molar-refractivity contribution in [3.63, 3.8) is 0 Å². The van der Waals surface area contributed by atoms with Crippen LogP contribution in [0.2, 0.25) is 0 Å². The van der Waals surface area contributed by atoms with Crippen molar-refractivity contribution >= 4 is 21.8 Å². The largest absolute Gasteiger partial charge is 0.375 e. The smallest absolute Gasteiger partial charge is 0.246 e. The zero-order chi connectivity index (χ0) is 12.0. The second kappa shape index (κ2) is 6.66. The van der Waals surface area contributed by atoms with E-state index in [1.165, 1.54) is 12.7 Å². The van der Waals surface area contributed by atoms with E-state index in [4.69, 9.17) is 4.74 Å². The Kier molecular flexibility index (Phi) is 5.49. The summed E-state index contributed by atoms with van der Waals surface area (Å²) in [5, 5.41) is 2.87. The molecule has 1 N–H and O–H groups in total. The lowest BCUT2D eigenvalue weighted by atomic mass is 10.1. The number of carbonyl (C=O) groups is 1. The number of carbonyl (C=O) groups excluding carboxylic acids is 1. The highest BCUT2D eigenvalue weighted by molar-refractivity contribution is 9.10. The molecule has 3 nitrogen and oxygen atoms in total. The van der Waals surface area contributed by atoms with E-state index >= 15 is 0 Å². The number of amides is 1. The molecule has 0 fully saturated rings. The SMILES string of the molecule is COCC(=O)NC(C)Cc1ccc(Br)cc1. The highest BCUT2D eigenvalue weighted by Crippen LogP contribution is 2.11. The van der Waals surface area contributed by atoms with Crippen LogP contribution >= 0.6 is 15.9 Å². The van der Waals surface area contributed by atoms with E-state index in [9.17, 15) is 4.79 Å². The van der Waals surface area contributed by atoms with Gasteiger partial charge in [0.05, 0.1) is 0 Å². The number of benzene rings is 1. The van der Waals surface area contributed by atoms with Crippen LogP contribution in [0.5, 0.6) is 0 Å². The molecule has 1 amide bonds. The Morgan fingerprint density at radius 1 is 1.44 bits per heavy atom. The molecule has 0 bridgehead atoms. The van der Waals surface area contributed by atoms with Crippen LogP contribution in [0.1, 0.15) is 12.5 Å². The van der Waals surface area contributed by atoms with Crippen LogP contribution < -0.4 is 5.32 Å². The molecule has 16 heavy (non-hydrogen) atoms. The molecule has 0 radical (unpaired) electrons. The molecule has 0 saturated carbocycles. The van der Waals surface area contributed by atoms with E-state index < -0.39 is 0 Å². The number of halogens is 1. The van der Waals surface area contributed by atoms with Gasteiger partial charge in [-0.25, -0.2) is 0 Å². The van der Waals surface area contributed by atoms with Crippen LogP contribution in [0, 0.1) is 0 Å². The zero-order valence-corrected chi connectivity index (χ0v) is 11.1. The Labute approximate surface area is 104 Å². The van der Waals surface area contributed by atoms with Crippen molar-refractivity contribution in [3.05, 3.63) is 34.3 Å². The van der Waals surface area contributed by atoms with Gasteiger partial charge >= 0.3 is 0 Å². The lowest BCUT2D eigenvalue weighted by Gasteiger charge is -2.13. The molecule has 88 valence electrons. The lowest BCUT2D eigenvalue weighted by molar-refractivity contribution is -0.125. The van der Waals surface area contributed by atoms with Crippen molar-refractivity contribution < 1.29 is 9.53 Å². The van der Waals surface area contributed by atoms with Crippen LogP contribution in [0.15, 0.2) is 28.7 Å². The van der Waals surface area contributed by atoms with Crippen LogP contribution in [0.3, 0.4) is 0 Å². The van der Waals surface area contributed by atoms with E-state index in [1.54, 1.807) is 0 Å². The van der Waals surface area contributed by atoms with E-state index in [0.717, 1.165) is 10.9 Å². The summed E-state index contributed by atoms with van der Waals surface area (Å²) < 4.78 is 5.81. The number of hydrogen-bond donors (Lipinski definition) is 1. The zero-order valence-electron chi connectivity index (χ0n) is 9.50. The van der Waals surface area contributed by atoms with Gasteiger partial charge in [0.25, 0.3) is 0 Å². The van der Waals surface area contributed by atoms with Crippen molar-refractivity contribution in [2.24, 2.45) is 0 Å². The Bertz CT molecular complexity index is 337. The molecule has 1 aromatic rings. The van der Waals surface area contributed by atoms with E-state index in [0.29, 0.717) is 0 Å². The highest BCUT2D eigenvalue weighted by atomic mass is 79.9. The molecule has 0 aliphatic carbocycles. The first kappa shape index (κ1) is 13.2. The Hall–Kier alpha value is -0.870. The highest BCUT2D eigenvalue weighted by Gasteiger charge is 2.07. The van der Waals surface area contributed by atoms with Gasteiger partial charge in [-0.05, 0) is 31.0 Å². The second-order valence-electron chi connectivity index (χ2n) is 3.73. The maximum atomic E-state index is 11.3. The molecule has 1 rings (SSSR count). The summed E-state index contributed by atoms with van der Waals surface area (Å²) in [6.07, 6.45) is 0.822. The van der Waals surface area contributed by atoms with Crippen LogP contribution in [0.25, 0.3) is 0 Å². The predicted molar refractivity (Wildman–Crippen MR) is 67.3 cm³/mol. The molecule has 1 unspecified atom stereocenters. The molecule has 0 heterocycles. The van der Waals surface area contributed by atoms with E-state index in [1.807, 2.05) is 31.2 Å². The molecule has 0 aliphatic heterocycles. The number of ether oxygens (including phenoxy) is 1. The van der Waals surface area contributed by atoms with E-state index in [-0.39, 0.29) is 18.6 Å². The average molecular weight is 286 g/mol. The number of hydrogen-bond acceptors (Lipinski definition) is 2. The van der Waals surface area contributed by atoms with E-state index in [2.05, 4.69) is 21.2 Å². The van der Waals surface area contributed by atoms with Gasteiger partial charge in [-0.1, -0.05) is 28.1 Å². The van der Waals surface area contributed by atoms with Gasteiger partial charge in [-0.2, -0.15) is 0 Å². The standard InChI is InChI=1S/C12H16BrNO2/c1-9(14-12(15)8-16-2)7-10-3-5-11(13)6-4-10/h3-6,9H,7-8H2,1-2H3,(H,14,15). The number of rotatable bonds is 5. The summed E-state index contributed by atoms with van der Waals surface area (Å²) in [7, 11) is 1.51. The first-order chi connectivity index (χ1) is 7.61. The molecular weight excluding hydrogens is 270 g/mol. The fraction of sp³-hybridized carbons (Fsp3) is 0.417.